The molecule has 0 saturated heterocycles. The molecule has 0 saturated carbocycles. The van der Waals surface area contributed by atoms with Crippen LogP contribution in [0, 0.1) is 0 Å². The summed E-state index contributed by atoms with van der Waals surface area (Å²) in [4.78, 5) is 74.9. The Kier molecular flexibility index (Phi) is 21.5. The number of amides is 4. The van der Waals surface area contributed by atoms with Crippen LogP contribution in [0.15, 0.2) is 111 Å². The summed E-state index contributed by atoms with van der Waals surface area (Å²) in [6.07, 6.45) is 9.40. The topological polar surface area (TPSA) is 187 Å². The molecule has 4 aromatic rings. The SMILES string of the molecule is C=CC(=O)NCCCCOC(=O)c1cc2ccccc2c(Cc2c(OCCCCNC(=O)C=C)c(C(=O)OCCCCNC(=O)C=C)cc3ccccc23)c1OCCCCNC(=O)C=C. The van der Waals surface area contributed by atoms with Gasteiger partial charge in [0.05, 0.1) is 26.4 Å². The third-order valence-corrected chi connectivity index (χ3v) is 10.2. The second-order valence-corrected chi connectivity index (χ2v) is 14.9. The van der Waals surface area contributed by atoms with Crippen molar-refractivity contribution in [2.45, 2.75) is 57.8 Å². The van der Waals surface area contributed by atoms with E-state index in [1.807, 2.05) is 48.5 Å². The van der Waals surface area contributed by atoms with Crippen molar-refractivity contribution in [2.24, 2.45) is 0 Å². The lowest BCUT2D eigenvalue weighted by molar-refractivity contribution is -0.117. The molecule has 4 aromatic carbocycles. The molecule has 0 heterocycles. The third-order valence-electron chi connectivity index (χ3n) is 10.2. The minimum absolute atomic E-state index is 0.0981. The van der Waals surface area contributed by atoms with Gasteiger partial charge in [-0.15, -0.1) is 0 Å². The highest BCUT2D eigenvalue weighted by molar-refractivity contribution is 6.03. The molecular weight excluding hydrogens is 829 g/mol. The number of nitrogens with one attached hydrogen (secondary N) is 4. The normalized spacial score (nSPS) is 10.6. The lowest BCUT2D eigenvalue weighted by Gasteiger charge is -2.22. The Morgan fingerprint density at radius 3 is 1.11 bits per heavy atom. The van der Waals surface area contributed by atoms with E-state index in [2.05, 4.69) is 47.6 Å². The number of carbonyl (C=O) groups is 6. The fraction of sp³-hybridized carbons (Fsp3) is 0.333. The van der Waals surface area contributed by atoms with E-state index < -0.39 is 11.9 Å². The molecule has 4 amide bonds. The minimum Gasteiger partial charge on any atom is -0.492 e. The summed E-state index contributed by atoms with van der Waals surface area (Å²) in [6, 6.07) is 18.8. The van der Waals surface area contributed by atoms with Crippen LogP contribution in [0.25, 0.3) is 21.5 Å². The summed E-state index contributed by atoms with van der Waals surface area (Å²) in [5.74, 6) is -1.67. The first-order valence-corrected chi connectivity index (χ1v) is 21.9. The van der Waals surface area contributed by atoms with E-state index in [9.17, 15) is 28.8 Å². The fourth-order valence-corrected chi connectivity index (χ4v) is 6.84. The van der Waals surface area contributed by atoms with Crippen molar-refractivity contribution >= 4 is 57.1 Å². The quantitative estimate of drug-likeness (QED) is 0.0242. The molecule has 4 N–H and O–H groups in total. The van der Waals surface area contributed by atoms with Crippen LogP contribution in [0.4, 0.5) is 0 Å². The van der Waals surface area contributed by atoms with Gasteiger partial charge in [-0.1, -0.05) is 74.8 Å². The summed E-state index contributed by atoms with van der Waals surface area (Å²) in [5.41, 5.74) is 1.76. The molecule has 0 aromatic heterocycles. The number of benzene rings is 4. The van der Waals surface area contributed by atoms with Gasteiger partial charge < -0.3 is 40.2 Å². The van der Waals surface area contributed by atoms with E-state index in [0.717, 1.165) is 21.5 Å². The standard InChI is InChI=1S/C51H60N4O10/c1-5-44(56)52-25-13-17-29-62-48-40(38-23-11-9-21-36(38)33-42(48)50(60)64-31-19-15-27-54-46(58)7-3)35-41-39-24-12-10-22-37(39)34-43(49(41)63-30-18-14-26-53-45(57)6-2)51(61)65-32-20-16-28-55-47(59)8-4/h5-12,21-24,33-34H,1-4,13-20,25-32,35H2,(H,52,56)(H,53,57)(H,54,58)(H,55,59). The lowest BCUT2D eigenvalue weighted by Crippen LogP contribution is -2.22. The van der Waals surface area contributed by atoms with Gasteiger partial charge in [0.25, 0.3) is 0 Å². The molecular formula is C51H60N4O10. The molecule has 0 aliphatic rings. The monoisotopic (exact) mass is 888 g/mol. The zero-order valence-electron chi connectivity index (χ0n) is 37.0. The number of hydrogen-bond donors (Lipinski definition) is 4. The van der Waals surface area contributed by atoms with Gasteiger partial charge in [-0.05, 0) is 109 Å². The Bertz CT molecular complexity index is 2180. The van der Waals surface area contributed by atoms with Gasteiger partial charge in [-0.3, -0.25) is 19.2 Å². The number of unbranched alkanes of at least 4 members (excludes halogenated alkanes) is 4. The number of esters is 2. The average Bonchev–Trinajstić information content (AvgIpc) is 3.32. The Balaban J connectivity index is 1.78. The second kappa shape index (κ2) is 27.8. The van der Waals surface area contributed by atoms with E-state index in [-0.39, 0.29) is 67.6 Å². The highest BCUT2D eigenvalue weighted by atomic mass is 16.5. The summed E-state index contributed by atoms with van der Waals surface area (Å²) in [5, 5.41) is 14.1. The van der Waals surface area contributed by atoms with Gasteiger partial charge in [-0.25, -0.2) is 9.59 Å². The third kappa shape index (κ3) is 16.1. The second-order valence-electron chi connectivity index (χ2n) is 14.9. The maximum Gasteiger partial charge on any atom is 0.341 e. The van der Waals surface area contributed by atoms with E-state index in [1.165, 1.54) is 24.3 Å². The van der Waals surface area contributed by atoms with Crippen molar-refractivity contribution in [2.75, 3.05) is 52.6 Å². The highest BCUT2D eigenvalue weighted by Crippen LogP contribution is 2.40. The van der Waals surface area contributed by atoms with Gasteiger partial charge in [-0.2, -0.15) is 0 Å². The van der Waals surface area contributed by atoms with Crippen molar-refractivity contribution in [1.29, 1.82) is 0 Å². The van der Waals surface area contributed by atoms with E-state index in [0.29, 0.717) is 100 Å². The smallest absolute Gasteiger partial charge is 0.341 e. The first-order valence-electron chi connectivity index (χ1n) is 21.9. The molecule has 0 spiro atoms. The zero-order chi connectivity index (χ0) is 46.8. The van der Waals surface area contributed by atoms with Gasteiger partial charge in [0.1, 0.15) is 22.6 Å². The van der Waals surface area contributed by atoms with Crippen LogP contribution < -0.4 is 30.7 Å². The lowest BCUT2D eigenvalue weighted by atomic mass is 9.90. The summed E-state index contributed by atoms with van der Waals surface area (Å²) in [6.45, 7) is 16.1. The molecule has 65 heavy (non-hydrogen) atoms. The van der Waals surface area contributed by atoms with E-state index >= 15 is 0 Å². The van der Waals surface area contributed by atoms with Gasteiger partial charge in [0.2, 0.25) is 23.6 Å². The average molecular weight is 889 g/mol. The minimum atomic E-state index is -0.591. The highest BCUT2D eigenvalue weighted by Gasteiger charge is 2.26. The van der Waals surface area contributed by atoms with Crippen molar-refractivity contribution in [1.82, 2.24) is 21.3 Å². The Morgan fingerprint density at radius 2 is 0.769 bits per heavy atom. The maximum absolute atomic E-state index is 14.1. The van der Waals surface area contributed by atoms with Crippen LogP contribution in [0.1, 0.15) is 83.2 Å². The van der Waals surface area contributed by atoms with E-state index in [1.54, 1.807) is 12.1 Å². The van der Waals surface area contributed by atoms with Gasteiger partial charge in [0.15, 0.2) is 0 Å². The largest absolute Gasteiger partial charge is 0.492 e. The van der Waals surface area contributed by atoms with Crippen LogP contribution in [0.3, 0.4) is 0 Å². The molecule has 0 aliphatic carbocycles. The molecule has 14 nitrogen and oxygen atoms in total. The fourth-order valence-electron chi connectivity index (χ4n) is 6.84. The number of rotatable bonds is 30. The molecule has 4 rings (SSSR count). The Labute approximate surface area is 380 Å². The van der Waals surface area contributed by atoms with Crippen molar-refractivity contribution in [3.05, 3.63) is 134 Å². The van der Waals surface area contributed by atoms with Gasteiger partial charge >= 0.3 is 11.9 Å². The van der Waals surface area contributed by atoms with Crippen molar-refractivity contribution in [3.8, 4) is 11.5 Å². The Morgan fingerprint density at radius 1 is 0.446 bits per heavy atom. The predicted molar refractivity (Wildman–Crippen MR) is 252 cm³/mol. The van der Waals surface area contributed by atoms with Crippen LogP contribution in [-0.2, 0) is 35.1 Å². The predicted octanol–water partition coefficient (Wildman–Crippen LogP) is 6.98. The molecule has 14 heteroatoms. The van der Waals surface area contributed by atoms with Crippen LogP contribution in [-0.4, -0.2) is 88.2 Å². The van der Waals surface area contributed by atoms with E-state index in [4.69, 9.17) is 18.9 Å². The molecule has 0 unspecified atom stereocenters. The number of carbonyl (C=O) groups excluding carboxylic acids is 6. The molecule has 0 radical (unpaired) electrons. The first kappa shape index (κ1) is 50.4. The molecule has 0 atom stereocenters. The number of fused-ring (bicyclic) bond motifs is 2. The van der Waals surface area contributed by atoms with Crippen LogP contribution in [0.2, 0.25) is 0 Å². The number of ether oxygens (including phenoxy) is 4. The van der Waals surface area contributed by atoms with Gasteiger partial charge in [0, 0.05) is 43.7 Å². The summed E-state index contributed by atoms with van der Waals surface area (Å²) >= 11 is 0. The summed E-state index contributed by atoms with van der Waals surface area (Å²) in [7, 11) is 0. The molecule has 0 fully saturated rings. The number of hydrogen-bond acceptors (Lipinski definition) is 10. The van der Waals surface area contributed by atoms with Crippen LogP contribution >= 0.6 is 0 Å². The molecule has 344 valence electrons. The van der Waals surface area contributed by atoms with Crippen molar-refractivity contribution in [3.63, 3.8) is 0 Å². The zero-order valence-corrected chi connectivity index (χ0v) is 37.0. The molecule has 0 aliphatic heterocycles. The first-order chi connectivity index (χ1) is 31.6. The van der Waals surface area contributed by atoms with Crippen molar-refractivity contribution < 1.29 is 47.7 Å². The maximum atomic E-state index is 14.1. The Hall–Kier alpha value is -7.22. The summed E-state index contributed by atoms with van der Waals surface area (Å²) < 4.78 is 24.8. The van der Waals surface area contributed by atoms with Crippen LogP contribution in [0.5, 0.6) is 11.5 Å². The molecule has 0 bridgehead atoms.